The van der Waals surface area contributed by atoms with Gasteiger partial charge in [-0.2, -0.15) is 0 Å². The van der Waals surface area contributed by atoms with Gasteiger partial charge in [-0.1, -0.05) is 12.1 Å². The molecule has 5 heteroatoms. The lowest BCUT2D eigenvalue weighted by molar-refractivity contribution is -0.126. The van der Waals surface area contributed by atoms with Crippen molar-refractivity contribution < 1.29 is 9.53 Å². The standard InChI is InChI=1S/C15H23N3O2/c1-15(14(17)19)7-8-18(10-15)13(9-16)11-3-5-12(20-2)6-4-11/h3-6,13H,7-10,16H2,1-2H3,(H2,17,19). The van der Waals surface area contributed by atoms with Crippen LogP contribution in [-0.4, -0.2) is 37.6 Å². The van der Waals surface area contributed by atoms with Crippen LogP contribution in [0.3, 0.4) is 0 Å². The smallest absolute Gasteiger partial charge is 0.224 e. The van der Waals surface area contributed by atoms with Crippen molar-refractivity contribution in [2.75, 3.05) is 26.7 Å². The van der Waals surface area contributed by atoms with Gasteiger partial charge in [-0.25, -0.2) is 0 Å². The van der Waals surface area contributed by atoms with E-state index in [-0.39, 0.29) is 11.9 Å². The number of primary amides is 1. The van der Waals surface area contributed by atoms with Gasteiger partial charge in [-0.3, -0.25) is 9.69 Å². The number of methoxy groups -OCH3 is 1. The van der Waals surface area contributed by atoms with E-state index in [0.717, 1.165) is 24.3 Å². The Bertz CT molecular complexity index is 475. The number of ether oxygens (including phenoxy) is 1. The molecule has 0 radical (unpaired) electrons. The molecule has 1 aliphatic rings. The lowest BCUT2D eigenvalue weighted by atomic mass is 9.89. The minimum atomic E-state index is -0.445. The van der Waals surface area contributed by atoms with Crippen molar-refractivity contribution in [3.8, 4) is 5.75 Å². The largest absolute Gasteiger partial charge is 0.497 e. The highest BCUT2D eigenvalue weighted by atomic mass is 16.5. The second-order valence-electron chi connectivity index (χ2n) is 5.67. The number of amides is 1. The van der Waals surface area contributed by atoms with Gasteiger partial charge in [0.2, 0.25) is 5.91 Å². The molecule has 2 unspecified atom stereocenters. The average molecular weight is 277 g/mol. The van der Waals surface area contributed by atoms with Crippen LogP contribution in [0.5, 0.6) is 5.75 Å². The molecule has 1 aromatic rings. The molecule has 1 aromatic carbocycles. The fourth-order valence-corrected chi connectivity index (χ4v) is 2.79. The number of nitrogens with zero attached hydrogens (tertiary/aromatic N) is 1. The summed E-state index contributed by atoms with van der Waals surface area (Å²) in [5, 5.41) is 0. The number of likely N-dealkylation sites (tertiary alicyclic amines) is 1. The van der Waals surface area contributed by atoms with E-state index in [1.807, 2.05) is 31.2 Å². The fourth-order valence-electron chi connectivity index (χ4n) is 2.79. The number of nitrogens with two attached hydrogens (primary N) is 2. The van der Waals surface area contributed by atoms with Crippen LogP contribution in [0.25, 0.3) is 0 Å². The average Bonchev–Trinajstić information content (AvgIpc) is 2.84. The maximum Gasteiger partial charge on any atom is 0.224 e. The number of benzene rings is 1. The quantitative estimate of drug-likeness (QED) is 0.837. The van der Waals surface area contributed by atoms with Crippen molar-refractivity contribution in [1.82, 2.24) is 4.90 Å². The number of hydrogen-bond donors (Lipinski definition) is 2. The van der Waals surface area contributed by atoms with Gasteiger partial charge in [0, 0.05) is 19.1 Å². The van der Waals surface area contributed by atoms with Crippen molar-refractivity contribution in [2.24, 2.45) is 16.9 Å². The molecule has 0 bridgehead atoms. The molecular formula is C15H23N3O2. The van der Waals surface area contributed by atoms with Gasteiger partial charge in [0.1, 0.15) is 5.75 Å². The highest BCUT2D eigenvalue weighted by Gasteiger charge is 2.41. The lowest BCUT2D eigenvalue weighted by Crippen LogP contribution is -2.39. The van der Waals surface area contributed by atoms with E-state index in [2.05, 4.69) is 4.90 Å². The van der Waals surface area contributed by atoms with Gasteiger partial charge >= 0.3 is 0 Å². The Morgan fingerprint density at radius 1 is 1.45 bits per heavy atom. The molecule has 1 amide bonds. The predicted molar refractivity (Wildman–Crippen MR) is 78.3 cm³/mol. The molecule has 2 rings (SSSR count). The van der Waals surface area contributed by atoms with Crippen LogP contribution in [0, 0.1) is 5.41 Å². The van der Waals surface area contributed by atoms with Crippen LogP contribution in [0.15, 0.2) is 24.3 Å². The summed E-state index contributed by atoms with van der Waals surface area (Å²) in [4.78, 5) is 13.8. The highest BCUT2D eigenvalue weighted by molar-refractivity contribution is 5.81. The van der Waals surface area contributed by atoms with E-state index in [4.69, 9.17) is 16.2 Å². The normalized spacial score (nSPS) is 24.6. The molecule has 4 N–H and O–H groups in total. The van der Waals surface area contributed by atoms with Crippen molar-refractivity contribution in [3.63, 3.8) is 0 Å². The second kappa shape index (κ2) is 5.81. The minimum absolute atomic E-state index is 0.113. The summed E-state index contributed by atoms with van der Waals surface area (Å²) in [5.74, 6) is 0.596. The third-order valence-electron chi connectivity index (χ3n) is 4.26. The zero-order valence-electron chi connectivity index (χ0n) is 12.1. The van der Waals surface area contributed by atoms with Crippen LogP contribution in [0.1, 0.15) is 24.9 Å². The summed E-state index contributed by atoms with van der Waals surface area (Å²) in [6.45, 7) is 3.95. The molecule has 1 saturated heterocycles. The van der Waals surface area contributed by atoms with Gasteiger partial charge in [0.25, 0.3) is 0 Å². The van der Waals surface area contributed by atoms with Crippen LogP contribution in [0.4, 0.5) is 0 Å². The summed E-state index contributed by atoms with van der Waals surface area (Å²) in [6.07, 6.45) is 0.787. The lowest BCUT2D eigenvalue weighted by Gasteiger charge is -2.28. The van der Waals surface area contributed by atoms with Crippen LogP contribution >= 0.6 is 0 Å². The Hall–Kier alpha value is -1.59. The monoisotopic (exact) mass is 277 g/mol. The maximum absolute atomic E-state index is 11.5. The van der Waals surface area contributed by atoms with E-state index >= 15 is 0 Å². The molecule has 0 aromatic heterocycles. The maximum atomic E-state index is 11.5. The van der Waals surface area contributed by atoms with Crippen molar-refractivity contribution in [2.45, 2.75) is 19.4 Å². The van der Waals surface area contributed by atoms with Crippen molar-refractivity contribution in [3.05, 3.63) is 29.8 Å². The molecule has 1 heterocycles. The van der Waals surface area contributed by atoms with Crippen molar-refractivity contribution in [1.29, 1.82) is 0 Å². The second-order valence-corrected chi connectivity index (χ2v) is 5.67. The highest BCUT2D eigenvalue weighted by Crippen LogP contribution is 2.35. The summed E-state index contributed by atoms with van der Waals surface area (Å²) in [6, 6.07) is 8.03. The van der Waals surface area contributed by atoms with E-state index in [1.54, 1.807) is 7.11 Å². The Labute approximate surface area is 119 Å². The number of carbonyl (C=O) groups excluding carboxylic acids is 1. The number of rotatable bonds is 5. The summed E-state index contributed by atoms with van der Waals surface area (Å²) in [7, 11) is 1.65. The SMILES string of the molecule is COc1ccc(C(CN)N2CCC(C)(C(N)=O)C2)cc1. The number of hydrogen-bond acceptors (Lipinski definition) is 4. The first-order valence-corrected chi connectivity index (χ1v) is 6.88. The Morgan fingerprint density at radius 2 is 2.10 bits per heavy atom. The zero-order chi connectivity index (χ0) is 14.8. The third kappa shape index (κ3) is 2.78. The van der Waals surface area contributed by atoms with E-state index in [0.29, 0.717) is 13.1 Å². The zero-order valence-corrected chi connectivity index (χ0v) is 12.1. The van der Waals surface area contributed by atoms with Gasteiger partial charge in [-0.05, 0) is 37.6 Å². The van der Waals surface area contributed by atoms with Gasteiger partial charge in [0.05, 0.1) is 12.5 Å². The Balaban J connectivity index is 2.14. The molecule has 1 aliphatic heterocycles. The van der Waals surface area contributed by atoms with E-state index < -0.39 is 5.41 Å². The molecule has 0 spiro atoms. The van der Waals surface area contributed by atoms with Crippen LogP contribution in [-0.2, 0) is 4.79 Å². The topological polar surface area (TPSA) is 81.6 Å². The minimum Gasteiger partial charge on any atom is -0.497 e. The first-order chi connectivity index (χ1) is 9.50. The molecule has 0 aliphatic carbocycles. The van der Waals surface area contributed by atoms with Gasteiger partial charge < -0.3 is 16.2 Å². The molecule has 110 valence electrons. The molecular weight excluding hydrogens is 254 g/mol. The Morgan fingerprint density at radius 3 is 2.55 bits per heavy atom. The van der Waals surface area contributed by atoms with E-state index in [9.17, 15) is 4.79 Å². The molecule has 0 saturated carbocycles. The molecule has 2 atom stereocenters. The molecule has 5 nitrogen and oxygen atoms in total. The first-order valence-electron chi connectivity index (χ1n) is 6.88. The van der Waals surface area contributed by atoms with Crippen LogP contribution in [0.2, 0.25) is 0 Å². The van der Waals surface area contributed by atoms with E-state index in [1.165, 1.54) is 0 Å². The third-order valence-corrected chi connectivity index (χ3v) is 4.26. The first kappa shape index (κ1) is 14.8. The van der Waals surface area contributed by atoms with Gasteiger partial charge in [-0.15, -0.1) is 0 Å². The van der Waals surface area contributed by atoms with Crippen molar-refractivity contribution >= 4 is 5.91 Å². The number of carbonyl (C=O) groups is 1. The summed E-state index contributed by atoms with van der Waals surface area (Å²) >= 11 is 0. The molecule has 1 fully saturated rings. The van der Waals surface area contributed by atoms with Crippen LogP contribution < -0.4 is 16.2 Å². The predicted octanol–water partition coefficient (Wildman–Crippen LogP) is 0.892. The summed E-state index contributed by atoms with van der Waals surface area (Å²) < 4.78 is 5.17. The summed E-state index contributed by atoms with van der Waals surface area (Å²) in [5.41, 5.74) is 12.1. The van der Waals surface area contributed by atoms with Gasteiger partial charge in [0.15, 0.2) is 0 Å². The fraction of sp³-hybridized carbons (Fsp3) is 0.533. The molecule has 20 heavy (non-hydrogen) atoms. The Kier molecular flexibility index (Phi) is 4.30.